The Kier molecular flexibility index (Phi) is 4.33. The van der Waals surface area contributed by atoms with Gasteiger partial charge in [-0.3, -0.25) is 4.79 Å². The molecule has 0 fully saturated rings. The molecule has 5 heteroatoms. The zero-order chi connectivity index (χ0) is 15.4. The number of carbonyl (C=O) groups excluding carboxylic acids is 1. The minimum atomic E-state index is -0.748. The van der Waals surface area contributed by atoms with Gasteiger partial charge in [0.2, 0.25) is 0 Å². The predicted molar refractivity (Wildman–Crippen MR) is 74.4 cm³/mol. The van der Waals surface area contributed by atoms with E-state index < -0.39 is 17.4 Å². The summed E-state index contributed by atoms with van der Waals surface area (Å²) in [4.78, 5) is 12.0. The molecule has 0 heterocycles. The Morgan fingerprint density at radius 3 is 2.62 bits per heavy atom. The molecule has 1 N–H and O–H groups in total. The van der Waals surface area contributed by atoms with Crippen LogP contribution < -0.4 is 4.74 Å². The molecule has 0 bridgehead atoms. The zero-order valence-corrected chi connectivity index (χ0v) is 11.1. The number of phenols is 1. The van der Waals surface area contributed by atoms with Crippen molar-refractivity contribution in [3.8, 4) is 11.5 Å². The summed E-state index contributed by atoms with van der Waals surface area (Å²) >= 11 is 0. The molecule has 2 aromatic rings. The summed E-state index contributed by atoms with van der Waals surface area (Å²) in [5.74, 6) is -1.73. The van der Waals surface area contributed by atoms with Crippen LogP contribution in [-0.4, -0.2) is 18.0 Å². The molecule has 0 radical (unpaired) electrons. The molecule has 108 valence electrons. The van der Waals surface area contributed by atoms with Gasteiger partial charge >= 0.3 is 0 Å². The van der Waals surface area contributed by atoms with Crippen LogP contribution in [0.15, 0.2) is 42.5 Å². The molecule has 0 aliphatic rings. The molecule has 2 rings (SSSR count). The van der Waals surface area contributed by atoms with Crippen LogP contribution in [0.25, 0.3) is 6.08 Å². The van der Waals surface area contributed by atoms with Gasteiger partial charge in [-0.15, -0.1) is 0 Å². The highest BCUT2D eigenvalue weighted by Crippen LogP contribution is 2.26. The highest BCUT2D eigenvalue weighted by molar-refractivity contribution is 6.07. The summed E-state index contributed by atoms with van der Waals surface area (Å²) in [5, 5.41) is 9.45. The molecule has 0 amide bonds. The summed E-state index contributed by atoms with van der Waals surface area (Å²) in [7, 11) is 1.37. The van der Waals surface area contributed by atoms with Gasteiger partial charge in [-0.2, -0.15) is 0 Å². The maximum Gasteiger partial charge on any atom is 0.185 e. The van der Waals surface area contributed by atoms with E-state index in [1.165, 1.54) is 43.5 Å². The maximum atomic E-state index is 13.4. The number of hydrogen-bond donors (Lipinski definition) is 1. The second-order valence-electron chi connectivity index (χ2n) is 4.25. The van der Waals surface area contributed by atoms with Gasteiger partial charge in [-0.1, -0.05) is 0 Å². The van der Waals surface area contributed by atoms with Crippen molar-refractivity contribution in [1.29, 1.82) is 0 Å². The highest BCUT2D eigenvalue weighted by atomic mass is 19.1. The molecule has 0 unspecified atom stereocenters. The number of halogens is 2. The first kappa shape index (κ1) is 14.7. The summed E-state index contributed by atoms with van der Waals surface area (Å²) < 4.78 is 31.1. The van der Waals surface area contributed by atoms with Crippen molar-refractivity contribution in [3.63, 3.8) is 0 Å². The summed E-state index contributed by atoms with van der Waals surface area (Å²) in [6.07, 6.45) is 2.43. The summed E-state index contributed by atoms with van der Waals surface area (Å²) in [5.41, 5.74) is 0.388. The van der Waals surface area contributed by atoms with E-state index in [9.17, 15) is 18.7 Å². The fourth-order valence-electron chi connectivity index (χ4n) is 1.73. The zero-order valence-electron chi connectivity index (χ0n) is 11.1. The second-order valence-corrected chi connectivity index (χ2v) is 4.25. The van der Waals surface area contributed by atoms with E-state index >= 15 is 0 Å². The monoisotopic (exact) mass is 290 g/mol. The molecule has 0 saturated carbocycles. The van der Waals surface area contributed by atoms with Gasteiger partial charge in [0.05, 0.1) is 7.11 Å². The molecule has 0 saturated heterocycles. The average molecular weight is 290 g/mol. The number of ether oxygens (including phenoxy) is 1. The van der Waals surface area contributed by atoms with Gasteiger partial charge < -0.3 is 9.84 Å². The van der Waals surface area contributed by atoms with Crippen molar-refractivity contribution >= 4 is 11.9 Å². The first-order valence-electron chi connectivity index (χ1n) is 6.05. The molecule has 0 aromatic heterocycles. The largest absolute Gasteiger partial charge is 0.504 e. The first-order valence-corrected chi connectivity index (χ1v) is 6.05. The summed E-state index contributed by atoms with van der Waals surface area (Å²) in [6.45, 7) is 0. The van der Waals surface area contributed by atoms with E-state index in [0.29, 0.717) is 0 Å². The van der Waals surface area contributed by atoms with Crippen LogP contribution in [0.5, 0.6) is 11.5 Å². The fourth-order valence-corrected chi connectivity index (χ4v) is 1.73. The Bertz CT molecular complexity index is 709. The van der Waals surface area contributed by atoms with Gasteiger partial charge in [-0.05, 0) is 42.5 Å². The lowest BCUT2D eigenvalue weighted by molar-refractivity contribution is 0.104. The highest BCUT2D eigenvalue weighted by Gasteiger charge is 2.08. The van der Waals surface area contributed by atoms with E-state index in [1.807, 2.05) is 0 Å². The molecule has 0 spiro atoms. The van der Waals surface area contributed by atoms with Crippen LogP contribution in [0, 0.1) is 11.6 Å². The van der Waals surface area contributed by atoms with Gasteiger partial charge in [0, 0.05) is 17.2 Å². The van der Waals surface area contributed by atoms with Crippen LogP contribution >= 0.6 is 0 Å². The molecule has 21 heavy (non-hydrogen) atoms. The number of rotatable bonds is 4. The smallest absolute Gasteiger partial charge is 0.185 e. The number of benzene rings is 2. The molecule has 3 nitrogen and oxygen atoms in total. The Labute approximate surface area is 120 Å². The molecular weight excluding hydrogens is 278 g/mol. The Hall–Kier alpha value is -2.69. The lowest BCUT2D eigenvalue weighted by Crippen LogP contribution is -1.95. The SMILES string of the molecule is COc1cc(C(=O)/C=C/c2ccc(F)cc2F)ccc1O. The number of phenolic OH excluding ortho intramolecular Hbond substituents is 1. The average Bonchev–Trinajstić information content (AvgIpc) is 2.46. The number of ketones is 1. The van der Waals surface area contributed by atoms with Gasteiger partial charge in [-0.25, -0.2) is 8.78 Å². The van der Waals surface area contributed by atoms with Gasteiger partial charge in [0.15, 0.2) is 17.3 Å². The lowest BCUT2D eigenvalue weighted by Gasteiger charge is -2.04. The van der Waals surface area contributed by atoms with E-state index in [2.05, 4.69) is 0 Å². The second kappa shape index (κ2) is 6.17. The third-order valence-corrected chi connectivity index (χ3v) is 2.84. The van der Waals surface area contributed by atoms with Crippen LogP contribution in [0.4, 0.5) is 8.78 Å². The van der Waals surface area contributed by atoms with E-state index in [1.54, 1.807) is 0 Å². The molecular formula is C16H12F2O3. The molecule has 0 aliphatic carbocycles. The van der Waals surface area contributed by atoms with Gasteiger partial charge in [0.25, 0.3) is 0 Å². The minimum absolute atomic E-state index is 0.0809. The third-order valence-electron chi connectivity index (χ3n) is 2.84. The summed E-state index contributed by atoms with van der Waals surface area (Å²) in [6, 6.07) is 7.23. The molecule has 0 aliphatic heterocycles. The number of hydrogen-bond acceptors (Lipinski definition) is 3. The van der Waals surface area contributed by atoms with E-state index in [0.717, 1.165) is 12.1 Å². The number of aromatic hydroxyl groups is 1. The fraction of sp³-hybridized carbons (Fsp3) is 0.0625. The topological polar surface area (TPSA) is 46.5 Å². The van der Waals surface area contributed by atoms with Crippen molar-refractivity contribution < 1.29 is 23.4 Å². The lowest BCUT2D eigenvalue weighted by atomic mass is 10.1. The minimum Gasteiger partial charge on any atom is -0.504 e. The standard InChI is InChI=1S/C16H12F2O3/c1-21-16-8-11(4-7-15(16)20)14(19)6-3-10-2-5-12(17)9-13(10)18/h2-9,20H,1H3/b6-3+. The van der Waals surface area contributed by atoms with Crippen LogP contribution in [0.3, 0.4) is 0 Å². The van der Waals surface area contributed by atoms with E-state index in [4.69, 9.17) is 4.74 Å². The Balaban J connectivity index is 2.23. The third kappa shape index (κ3) is 3.45. The number of allylic oxidation sites excluding steroid dienone is 1. The quantitative estimate of drug-likeness (QED) is 0.691. The van der Waals surface area contributed by atoms with Crippen molar-refractivity contribution in [2.24, 2.45) is 0 Å². The Morgan fingerprint density at radius 2 is 1.95 bits per heavy atom. The van der Waals surface area contributed by atoms with Crippen LogP contribution in [0.1, 0.15) is 15.9 Å². The van der Waals surface area contributed by atoms with Gasteiger partial charge in [0.1, 0.15) is 11.6 Å². The first-order chi connectivity index (χ1) is 10.0. The normalized spacial score (nSPS) is 10.8. The van der Waals surface area contributed by atoms with Crippen molar-refractivity contribution in [2.45, 2.75) is 0 Å². The van der Waals surface area contributed by atoms with Crippen molar-refractivity contribution in [3.05, 3.63) is 65.2 Å². The van der Waals surface area contributed by atoms with Crippen molar-refractivity contribution in [2.75, 3.05) is 7.11 Å². The van der Waals surface area contributed by atoms with Crippen LogP contribution in [-0.2, 0) is 0 Å². The number of methoxy groups -OCH3 is 1. The number of carbonyl (C=O) groups is 1. The molecule has 2 aromatic carbocycles. The molecule has 0 atom stereocenters. The van der Waals surface area contributed by atoms with Crippen molar-refractivity contribution in [1.82, 2.24) is 0 Å². The maximum absolute atomic E-state index is 13.4. The predicted octanol–water partition coefficient (Wildman–Crippen LogP) is 3.58. The van der Waals surface area contributed by atoms with Crippen LogP contribution in [0.2, 0.25) is 0 Å². The van der Waals surface area contributed by atoms with E-state index in [-0.39, 0.29) is 22.6 Å². The Morgan fingerprint density at radius 1 is 1.19 bits per heavy atom.